The summed E-state index contributed by atoms with van der Waals surface area (Å²) < 4.78 is 2.20. The van der Waals surface area contributed by atoms with Crippen molar-refractivity contribution in [1.82, 2.24) is 24.5 Å². The molecule has 8 aromatic carbocycles. The van der Waals surface area contributed by atoms with E-state index in [9.17, 15) is 10.5 Å². The first-order valence-corrected chi connectivity index (χ1v) is 21.6. The molecule has 0 spiro atoms. The summed E-state index contributed by atoms with van der Waals surface area (Å²) in [6.07, 6.45) is 0. The molecule has 0 saturated heterocycles. The van der Waals surface area contributed by atoms with Crippen LogP contribution in [0.15, 0.2) is 206 Å². The number of hydrogen-bond donors (Lipinski definition) is 0. The van der Waals surface area contributed by atoms with Crippen LogP contribution in [0, 0.1) is 29.2 Å². The van der Waals surface area contributed by atoms with Crippen molar-refractivity contribution in [3.63, 3.8) is 0 Å². The first kappa shape index (κ1) is 40.0. The van der Waals surface area contributed by atoms with Crippen LogP contribution in [-0.4, -0.2) is 24.5 Å². The molecule has 11 rings (SSSR count). The van der Waals surface area contributed by atoms with Crippen molar-refractivity contribution < 1.29 is 0 Å². The number of nitrogens with zero attached hydrogens (tertiary/aromatic N) is 8. The highest BCUT2D eigenvalue weighted by atomic mass is 15.0. The van der Waals surface area contributed by atoms with Crippen LogP contribution in [0.5, 0.6) is 0 Å². The summed E-state index contributed by atoms with van der Waals surface area (Å²) in [4.78, 5) is 25.2. The zero-order valence-electron chi connectivity index (χ0n) is 35.7. The van der Waals surface area contributed by atoms with Gasteiger partial charge in [-0.2, -0.15) is 10.5 Å². The van der Waals surface area contributed by atoms with Gasteiger partial charge in [-0.05, 0) is 59.7 Å². The summed E-state index contributed by atoms with van der Waals surface area (Å²) >= 11 is 0. The van der Waals surface area contributed by atoms with E-state index in [0.29, 0.717) is 73.6 Å². The second-order valence-electron chi connectivity index (χ2n) is 16.0. The van der Waals surface area contributed by atoms with Gasteiger partial charge in [0.1, 0.15) is 0 Å². The van der Waals surface area contributed by atoms with Gasteiger partial charge in [-0.1, -0.05) is 158 Å². The monoisotopic (exact) mass is 854 g/mol. The van der Waals surface area contributed by atoms with E-state index in [1.807, 2.05) is 170 Å². The Hall–Kier alpha value is -9.81. The van der Waals surface area contributed by atoms with Gasteiger partial charge in [0.15, 0.2) is 17.3 Å². The van der Waals surface area contributed by atoms with E-state index in [4.69, 9.17) is 26.5 Å². The van der Waals surface area contributed by atoms with E-state index in [1.54, 1.807) is 12.1 Å². The van der Waals surface area contributed by atoms with E-state index in [-0.39, 0.29) is 0 Å². The Morgan fingerprint density at radius 3 is 1.30 bits per heavy atom. The summed E-state index contributed by atoms with van der Waals surface area (Å²) in [6.45, 7) is 8.09. The van der Waals surface area contributed by atoms with E-state index in [2.05, 4.69) is 45.8 Å². The number of para-hydroxylation sites is 1. The second kappa shape index (κ2) is 17.1. The molecule has 3 aromatic heterocycles. The zero-order valence-corrected chi connectivity index (χ0v) is 35.7. The van der Waals surface area contributed by atoms with Gasteiger partial charge in [0.2, 0.25) is 0 Å². The summed E-state index contributed by atoms with van der Waals surface area (Å²) in [5.41, 5.74) is 12.7. The minimum absolute atomic E-state index is 0.374. The van der Waals surface area contributed by atoms with Crippen LogP contribution in [-0.2, 0) is 0 Å². The molecular weight excluding hydrogens is 821 g/mol. The van der Waals surface area contributed by atoms with Crippen LogP contribution in [0.25, 0.3) is 111 Å². The molecule has 67 heavy (non-hydrogen) atoms. The Morgan fingerprint density at radius 1 is 0.388 bits per heavy atom. The van der Waals surface area contributed by atoms with Crippen LogP contribution in [0.4, 0.5) is 5.69 Å². The van der Waals surface area contributed by atoms with Gasteiger partial charge in [-0.15, -0.1) is 0 Å². The van der Waals surface area contributed by atoms with Crippen molar-refractivity contribution in [3.8, 4) is 96.8 Å². The molecule has 0 N–H and O–H groups in total. The largest absolute Gasteiger partial charge is 0.308 e. The molecule has 0 aliphatic heterocycles. The third kappa shape index (κ3) is 7.41. The average Bonchev–Trinajstić information content (AvgIpc) is 3.74. The van der Waals surface area contributed by atoms with Crippen molar-refractivity contribution in [2.45, 2.75) is 0 Å². The smallest absolute Gasteiger partial charge is 0.196 e. The van der Waals surface area contributed by atoms with Crippen molar-refractivity contribution in [2.24, 2.45) is 0 Å². The van der Waals surface area contributed by atoms with E-state index in [0.717, 1.165) is 49.6 Å². The highest BCUT2D eigenvalue weighted by Crippen LogP contribution is 2.44. The number of rotatable bonds is 8. The van der Waals surface area contributed by atoms with Gasteiger partial charge in [-0.25, -0.2) is 24.8 Å². The molecule has 11 aromatic rings. The molecule has 0 fully saturated rings. The van der Waals surface area contributed by atoms with Crippen molar-refractivity contribution in [1.29, 1.82) is 10.5 Å². The van der Waals surface area contributed by atoms with E-state index < -0.39 is 0 Å². The minimum Gasteiger partial charge on any atom is -0.308 e. The summed E-state index contributed by atoms with van der Waals surface area (Å²) in [5, 5.41) is 22.6. The third-order valence-electron chi connectivity index (χ3n) is 11.9. The number of nitriles is 2. The molecule has 0 unspecified atom stereocenters. The van der Waals surface area contributed by atoms with Crippen LogP contribution in [0.3, 0.4) is 0 Å². The molecule has 0 aliphatic rings. The Bertz CT molecular complexity index is 3560. The molecule has 8 heteroatoms. The van der Waals surface area contributed by atoms with Crippen LogP contribution in [0.2, 0.25) is 0 Å². The number of benzene rings is 8. The lowest BCUT2D eigenvalue weighted by molar-refractivity contribution is 1.12. The number of aromatic nitrogens is 5. The van der Waals surface area contributed by atoms with Crippen molar-refractivity contribution in [3.05, 3.63) is 229 Å². The van der Waals surface area contributed by atoms with Gasteiger partial charge in [-0.3, -0.25) is 0 Å². The first-order chi connectivity index (χ1) is 33.1. The average molecular weight is 855 g/mol. The predicted octanol–water partition coefficient (Wildman–Crippen LogP) is 14.3. The van der Waals surface area contributed by atoms with Crippen molar-refractivity contribution in [2.75, 3.05) is 0 Å². The Balaban J connectivity index is 1.30. The maximum Gasteiger partial charge on any atom is 0.196 e. The molecule has 0 amide bonds. The molecule has 8 nitrogen and oxygen atoms in total. The number of hydrogen-bond acceptors (Lipinski definition) is 6. The van der Waals surface area contributed by atoms with Gasteiger partial charge >= 0.3 is 0 Å². The summed E-state index contributed by atoms with van der Waals surface area (Å²) in [6, 6.07) is 72.0. The third-order valence-corrected chi connectivity index (χ3v) is 11.9. The highest BCUT2D eigenvalue weighted by Gasteiger charge is 2.26. The SMILES string of the molecule is [C-]#[N+]c1cc(C#N)ccc1-c1ccc2c3ccccc3n(-c3c(-c4nc(-c5ccccc5)cc(-c5ccccc5)n4)cc(C#N)cc3-c3nc(-c4ccccc4)cc(-c4ccccc4)n3)c2c1. The maximum absolute atomic E-state index is 10.9. The van der Waals surface area contributed by atoms with Crippen LogP contribution < -0.4 is 0 Å². The van der Waals surface area contributed by atoms with Crippen LogP contribution in [0.1, 0.15) is 11.1 Å². The van der Waals surface area contributed by atoms with Gasteiger partial charge in [0.25, 0.3) is 0 Å². The Kier molecular flexibility index (Phi) is 10.2. The normalized spacial score (nSPS) is 10.9. The minimum atomic E-state index is 0.374. The topological polar surface area (TPSA) is 108 Å². The van der Waals surface area contributed by atoms with Gasteiger partial charge in [0.05, 0.1) is 63.8 Å². The molecule has 3 heterocycles. The fourth-order valence-corrected chi connectivity index (χ4v) is 8.76. The molecule has 0 bridgehead atoms. The molecule has 0 aliphatic carbocycles. The maximum atomic E-state index is 10.9. The van der Waals surface area contributed by atoms with Gasteiger partial charge < -0.3 is 4.57 Å². The predicted molar refractivity (Wildman–Crippen MR) is 266 cm³/mol. The van der Waals surface area contributed by atoms with E-state index >= 15 is 0 Å². The molecular formula is C59H34N8. The second-order valence-corrected chi connectivity index (χ2v) is 16.0. The molecule has 310 valence electrons. The molecule has 0 radical (unpaired) electrons. The quantitative estimate of drug-likeness (QED) is 0.141. The zero-order chi connectivity index (χ0) is 45.3. The highest BCUT2D eigenvalue weighted by molar-refractivity contribution is 6.11. The van der Waals surface area contributed by atoms with Gasteiger partial charge in [0, 0.05) is 49.7 Å². The Labute approximate surface area is 386 Å². The number of fused-ring (bicyclic) bond motifs is 3. The molecule has 0 atom stereocenters. The molecule has 0 saturated carbocycles. The lowest BCUT2D eigenvalue weighted by atomic mass is 9.98. The van der Waals surface area contributed by atoms with Crippen molar-refractivity contribution >= 4 is 27.5 Å². The standard InChI is InChI=1S/C59H34N8/c1-62-54-32-38(36-60)26-28-45(54)44-27-29-47-46-24-14-15-25-55(46)67(56(47)33-44)57-48(58-63-50(40-16-6-2-7-17-40)34-51(64-58)41-18-8-3-9-19-41)30-39(37-61)31-49(57)59-65-52(42-20-10-4-11-21-42)35-53(66-59)43-22-12-5-13-23-43/h2-35H. The van der Waals surface area contributed by atoms with E-state index in [1.165, 1.54) is 0 Å². The first-order valence-electron chi connectivity index (χ1n) is 21.6. The van der Waals surface area contributed by atoms with Crippen LogP contribution >= 0.6 is 0 Å². The lowest BCUT2D eigenvalue weighted by Crippen LogP contribution is -2.06. The fourth-order valence-electron chi connectivity index (χ4n) is 8.76. The lowest BCUT2D eigenvalue weighted by Gasteiger charge is -2.20. The summed E-state index contributed by atoms with van der Waals surface area (Å²) in [5.74, 6) is 0.807. The Morgan fingerprint density at radius 2 is 0.836 bits per heavy atom. The summed E-state index contributed by atoms with van der Waals surface area (Å²) in [7, 11) is 0. The fraction of sp³-hybridized carbons (Fsp3) is 0.